The van der Waals surface area contributed by atoms with Gasteiger partial charge in [-0.3, -0.25) is 15.0 Å². The minimum atomic E-state index is -0.961. The van der Waals surface area contributed by atoms with Crippen LogP contribution in [0.15, 0.2) is 47.3 Å². The van der Waals surface area contributed by atoms with Crippen molar-refractivity contribution in [1.29, 1.82) is 0 Å². The molecule has 0 bridgehead atoms. The Morgan fingerprint density at radius 3 is 2.44 bits per heavy atom. The van der Waals surface area contributed by atoms with Crippen LogP contribution in [0.3, 0.4) is 0 Å². The molecule has 2 aliphatic rings. The van der Waals surface area contributed by atoms with Gasteiger partial charge in [0.2, 0.25) is 0 Å². The molecule has 8 nitrogen and oxygen atoms in total. The molecule has 0 amide bonds. The molecule has 1 unspecified atom stereocenters. The fourth-order valence-electron chi connectivity index (χ4n) is 6.42. The number of aliphatic hydroxyl groups excluding tert-OH is 1. The van der Waals surface area contributed by atoms with Gasteiger partial charge in [-0.25, -0.2) is 0 Å². The summed E-state index contributed by atoms with van der Waals surface area (Å²) in [4.78, 5) is 20.3. The van der Waals surface area contributed by atoms with Crippen LogP contribution in [-0.4, -0.2) is 69.9 Å². The van der Waals surface area contributed by atoms with E-state index in [-0.39, 0.29) is 12.1 Å². The zero-order chi connectivity index (χ0) is 30.5. The SMILES string of the molecule is CCN(c1cc(-c2ccc(CN3CCOCC3)cc2)cc(C(O)NCc2c(C)cc(C)[nH]c2=O)c1C)C1CC[S+]([O-])CC1. The van der Waals surface area contributed by atoms with Crippen LogP contribution in [-0.2, 0) is 29.0 Å². The number of aromatic nitrogens is 1. The average molecular weight is 607 g/mol. The lowest BCUT2D eigenvalue weighted by atomic mass is 9.94. The van der Waals surface area contributed by atoms with Crippen LogP contribution < -0.4 is 15.8 Å². The predicted molar refractivity (Wildman–Crippen MR) is 175 cm³/mol. The highest BCUT2D eigenvalue weighted by Crippen LogP contribution is 2.36. The van der Waals surface area contributed by atoms with Gasteiger partial charge in [0.15, 0.2) is 0 Å². The van der Waals surface area contributed by atoms with Crippen molar-refractivity contribution in [3.63, 3.8) is 0 Å². The number of benzene rings is 2. The van der Waals surface area contributed by atoms with Gasteiger partial charge >= 0.3 is 0 Å². The van der Waals surface area contributed by atoms with E-state index in [0.29, 0.717) is 11.6 Å². The number of nitrogens with zero attached hydrogens (tertiary/aromatic N) is 2. The van der Waals surface area contributed by atoms with Gasteiger partial charge in [-0.2, -0.15) is 0 Å². The Morgan fingerprint density at radius 2 is 1.79 bits per heavy atom. The maximum absolute atomic E-state index is 12.6. The molecule has 2 fully saturated rings. The van der Waals surface area contributed by atoms with Gasteiger partial charge in [0, 0.05) is 74.1 Å². The maximum Gasteiger partial charge on any atom is 0.252 e. The third kappa shape index (κ3) is 7.71. The summed E-state index contributed by atoms with van der Waals surface area (Å²) in [5.74, 6) is 1.46. The number of H-pyrrole nitrogens is 1. The van der Waals surface area contributed by atoms with Crippen molar-refractivity contribution in [3.05, 3.63) is 86.3 Å². The van der Waals surface area contributed by atoms with Crippen LogP contribution >= 0.6 is 0 Å². The number of aromatic amines is 1. The Morgan fingerprint density at radius 1 is 1.09 bits per heavy atom. The summed E-state index contributed by atoms with van der Waals surface area (Å²) >= 11 is -0.734. The van der Waals surface area contributed by atoms with E-state index in [1.807, 2.05) is 19.9 Å². The summed E-state index contributed by atoms with van der Waals surface area (Å²) in [6.45, 7) is 13.5. The van der Waals surface area contributed by atoms with Crippen LogP contribution in [0.2, 0.25) is 0 Å². The van der Waals surface area contributed by atoms with Crippen molar-refractivity contribution in [1.82, 2.24) is 15.2 Å². The number of anilines is 1. The van der Waals surface area contributed by atoms with E-state index < -0.39 is 17.4 Å². The first kappa shape index (κ1) is 31.8. The van der Waals surface area contributed by atoms with Crippen molar-refractivity contribution in [2.45, 2.75) is 65.9 Å². The van der Waals surface area contributed by atoms with Gasteiger partial charge in [-0.05, 0) is 73.7 Å². The molecule has 3 aromatic rings. The second-order valence-electron chi connectivity index (χ2n) is 11.9. The molecule has 1 aromatic heterocycles. The normalized spacial score (nSPS) is 20.2. The summed E-state index contributed by atoms with van der Waals surface area (Å²) in [5.41, 5.74) is 8.51. The fourth-order valence-corrected chi connectivity index (χ4v) is 7.69. The van der Waals surface area contributed by atoms with Crippen LogP contribution in [0, 0.1) is 20.8 Å². The molecule has 232 valence electrons. The number of ether oxygens (including phenoxy) is 1. The molecule has 5 rings (SSSR count). The maximum atomic E-state index is 12.6. The molecule has 43 heavy (non-hydrogen) atoms. The number of aliphatic hydroxyl groups is 1. The molecule has 1 atom stereocenters. The van der Waals surface area contributed by atoms with Crippen LogP contribution in [0.25, 0.3) is 11.1 Å². The van der Waals surface area contributed by atoms with Gasteiger partial charge in [-0.15, -0.1) is 0 Å². The first-order chi connectivity index (χ1) is 20.7. The molecular formula is C34H46N4O4S. The van der Waals surface area contributed by atoms with E-state index in [2.05, 4.69) is 70.3 Å². The number of aryl methyl sites for hydroxylation is 2. The number of morpholine rings is 1. The molecule has 2 saturated heterocycles. The molecule has 0 saturated carbocycles. The predicted octanol–water partition coefficient (Wildman–Crippen LogP) is 4.32. The minimum absolute atomic E-state index is 0.132. The first-order valence-corrected chi connectivity index (χ1v) is 17.0. The minimum Gasteiger partial charge on any atom is -0.616 e. The van der Waals surface area contributed by atoms with Crippen LogP contribution in [0.4, 0.5) is 5.69 Å². The Kier molecular flexibility index (Phi) is 10.6. The summed E-state index contributed by atoms with van der Waals surface area (Å²) in [6.07, 6.45) is 0.828. The highest BCUT2D eigenvalue weighted by molar-refractivity contribution is 7.91. The highest BCUT2D eigenvalue weighted by atomic mass is 32.2. The summed E-state index contributed by atoms with van der Waals surface area (Å²) in [7, 11) is 0. The second-order valence-corrected chi connectivity index (χ2v) is 13.6. The van der Waals surface area contributed by atoms with E-state index >= 15 is 0 Å². The van der Waals surface area contributed by atoms with Gasteiger partial charge in [0.05, 0.1) is 13.2 Å². The molecular weight excluding hydrogens is 560 g/mol. The second kappa shape index (κ2) is 14.4. The average Bonchev–Trinajstić information content (AvgIpc) is 2.99. The van der Waals surface area contributed by atoms with E-state index in [1.165, 1.54) is 5.56 Å². The van der Waals surface area contributed by atoms with E-state index in [0.717, 1.165) is 103 Å². The number of hydrogen-bond acceptors (Lipinski definition) is 7. The van der Waals surface area contributed by atoms with Gasteiger partial charge in [-0.1, -0.05) is 35.4 Å². The van der Waals surface area contributed by atoms with Crippen molar-refractivity contribution in [2.24, 2.45) is 0 Å². The van der Waals surface area contributed by atoms with Gasteiger partial charge in [0.25, 0.3) is 5.56 Å². The molecule has 2 aliphatic heterocycles. The Bertz CT molecular complexity index is 1430. The molecule has 0 spiro atoms. The largest absolute Gasteiger partial charge is 0.616 e. The molecule has 9 heteroatoms. The number of rotatable bonds is 10. The van der Waals surface area contributed by atoms with Gasteiger partial charge < -0.3 is 24.3 Å². The Balaban J connectivity index is 1.46. The van der Waals surface area contributed by atoms with Crippen molar-refractivity contribution in [3.8, 4) is 11.1 Å². The highest BCUT2D eigenvalue weighted by Gasteiger charge is 2.28. The quantitative estimate of drug-likeness (QED) is 0.233. The topological polar surface area (TPSA) is 104 Å². The number of hydrogen-bond donors (Lipinski definition) is 3. The molecule has 0 radical (unpaired) electrons. The van der Waals surface area contributed by atoms with E-state index in [1.54, 1.807) is 0 Å². The lowest BCUT2D eigenvalue weighted by Gasteiger charge is -2.37. The third-order valence-corrected chi connectivity index (χ3v) is 10.3. The summed E-state index contributed by atoms with van der Waals surface area (Å²) < 4.78 is 17.6. The lowest BCUT2D eigenvalue weighted by Crippen LogP contribution is -2.42. The zero-order valence-corrected chi connectivity index (χ0v) is 26.8. The Hall–Kier alpha value is -2.66. The van der Waals surface area contributed by atoms with Crippen molar-refractivity contribution in [2.75, 3.05) is 49.3 Å². The van der Waals surface area contributed by atoms with Gasteiger partial charge in [0.1, 0.15) is 17.7 Å². The van der Waals surface area contributed by atoms with Crippen molar-refractivity contribution < 1.29 is 14.4 Å². The van der Waals surface area contributed by atoms with Crippen molar-refractivity contribution >= 4 is 16.9 Å². The molecule has 3 heterocycles. The zero-order valence-electron chi connectivity index (χ0n) is 25.9. The van der Waals surface area contributed by atoms with Crippen LogP contribution in [0.1, 0.15) is 59.5 Å². The standard InChI is InChI=1S/C34H46N4O4S/c1-5-38(29-10-16-43(41)17-11-29)32-20-28(27-8-6-26(7-9-27)22-37-12-14-42-15-13-37)19-30(25(32)4)33(39)35-21-31-23(2)18-24(3)36-34(31)40/h6-9,18-20,29,33,35,39H,5,10-17,21-22H2,1-4H3,(H,36,40). The molecule has 3 N–H and O–H groups in total. The number of pyridine rings is 1. The Labute approximate surface area is 258 Å². The third-order valence-electron chi connectivity index (χ3n) is 8.93. The fraction of sp³-hybridized carbons (Fsp3) is 0.500. The van der Waals surface area contributed by atoms with Crippen LogP contribution in [0.5, 0.6) is 0 Å². The van der Waals surface area contributed by atoms with E-state index in [4.69, 9.17) is 4.74 Å². The molecule has 0 aliphatic carbocycles. The number of nitrogens with one attached hydrogen (secondary N) is 2. The smallest absolute Gasteiger partial charge is 0.252 e. The molecule has 2 aromatic carbocycles. The summed E-state index contributed by atoms with van der Waals surface area (Å²) in [5, 5.41) is 14.7. The summed E-state index contributed by atoms with van der Waals surface area (Å²) in [6, 6.07) is 15.3. The lowest BCUT2D eigenvalue weighted by molar-refractivity contribution is 0.0342. The first-order valence-electron chi connectivity index (χ1n) is 15.5. The van der Waals surface area contributed by atoms with E-state index in [9.17, 15) is 14.5 Å². The monoisotopic (exact) mass is 606 g/mol.